The van der Waals surface area contributed by atoms with Crippen molar-refractivity contribution >= 4 is 5.91 Å². The highest BCUT2D eigenvalue weighted by Gasteiger charge is 2.23. The van der Waals surface area contributed by atoms with E-state index in [0.717, 1.165) is 37.3 Å². The molecule has 3 aromatic rings. The van der Waals surface area contributed by atoms with E-state index in [-0.39, 0.29) is 5.91 Å². The molecular formula is C23H24N2O2. The summed E-state index contributed by atoms with van der Waals surface area (Å²) in [4.78, 5) is 18.9. The molecule has 0 radical (unpaired) electrons. The number of carbonyl (C=O) groups excluding carboxylic acids is 1. The van der Waals surface area contributed by atoms with Gasteiger partial charge in [0.1, 0.15) is 0 Å². The molecule has 1 amide bonds. The van der Waals surface area contributed by atoms with Crippen LogP contribution >= 0.6 is 0 Å². The minimum atomic E-state index is 0.195. The topological polar surface area (TPSA) is 46.3 Å². The quantitative estimate of drug-likeness (QED) is 0.664. The molecule has 4 rings (SSSR count). The Bertz CT molecular complexity index is 866. The van der Waals surface area contributed by atoms with Gasteiger partial charge in [-0.3, -0.25) is 4.79 Å². The smallest absolute Gasteiger partial charge is 0.223 e. The van der Waals surface area contributed by atoms with Crippen molar-refractivity contribution in [1.82, 2.24) is 9.88 Å². The lowest BCUT2D eigenvalue weighted by atomic mass is 9.89. The van der Waals surface area contributed by atoms with Gasteiger partial charge in [0.2, 0.25) is 5.91 Å². The predicted molar refractivity (Wildman–Crippen MR) is 105 cm³/mol. The number of piperidine rings is 1. The number of likely N-dealkylation sites (tertiary alicyclic amines) is 1. The Balaban J connectivity index is 1.27. The Morgan fingerprint density at radius 2 is 1.67 bits per heavy atom. The first-order chi connectivity index (χ1) is 13.3. The van der Waals surface area contributed by atoms with Crippen LogP contribution in [0.1, 0.15) is 36.6 Å². The summed E-state index contributed by atoms with van der Waals surface area (Å²) < 4.78 is 5.80. The van der Waals surface area contributed by atoms with E-state index < -0.39 is 0 Å². The third-order valence-electron chi connectivity index (χ3n) is 5.28. The highest BCUT2D eigenvalue weighted by Crippen LogP contribution is 2.28. The van der Waals surface area contributed by atoms with Gasteiger partial charge < -0.3 is 9.32 Å². The normalized spacial score (nSPS) is 15.0. The van der Waals surface area contributed by atoms with Crippen LogP contribution in [-0.2, 0) is 11.2 Å². The van der Waals surface area contributed by atoms with Gasteiger partial charge in [-0.15, -0.1) is 0 Å². The molecule has 2 heterocycles. The number of hydrogen-bond acceptors (Lipinski definition) is 3. The molecule has 1 fully saturated rings. The van der Waals surface area contributed by atoms with Crippen LogP contribution in [0, 0.1) is 0 Å². The van der Waals surface area contributed by atoms with Crippen molar-refractivity contribution in [2.45, 2.75) is 31.6 Å². The molecule has 1 aliphatic rings. The summed E-state index contributed by atoms with van der Waals surface area (Å²) in [6, 6.07) is 20.5. The van der Waals surface area contributed by atoms with Gasteiger partial charge in [-0.1, -0.05) is 60.7 Å². The molecule has 0 atom stereocenters. The number of carbonyl (C=O) groups is 1. The summed E-state index contributed by atoms with van der Waals surface area (Å²) in [6.07, 6.45) is 4.80. The minimum Gasteiger partial charge on any atom is -0.441 e. The predicted octanol–water partition coefficient (Wildman–Crippen LogP) is 4.68. The molecule has 138 valence electrons. The number of aromatic nitrogens is 1. The summed E-state index contributed by atoms with van der Waals surface area (Å²) in [5.74, 6) is 2.14. The lowest BCUT2D eigenvalue weighted by Gasteiger charge is -2.32. The summed E-state index contributed by atoms with van der Waals surface area (Å²) in [7, 11) is 0. The van der Waals surface area contributed by atoms with Gasteiger partial charge >= 0.3 is 0 Å². The van der Waals surface area contributed by atoms with Crippen LogP contribution in [0.3, 0.4) is 0 Å². The first-order valence-electron chi connectivity index (χ1n) is 9.62. The second kappa shape index (κ2) is 8.21. The molecule has 27 heavy (non-hydrogen) atoms. The number of benzene rings is 2. The van der Waals surface area contributed by atoms with Gasteiger partial charge in [0.25, 0.3) is 0 Å². The first-order valence-corrected chi connectivity index (χ1v) is 9.62. The first kappa shape index (κ1) is 17.5. The Morgan fingerprint density at radius 1 is 1.00 bits per heavy atom. The molecular weight excluding hydrogens is 336 g/mol. The van der Waals surface area contributed by atoms with Gasteiger partial charge in [-0.2, -0.15) is 0 Å². The van der Waals surface area contributed by atoms with Crippen molar-refractivity contribution in [3.63, 3.8) is 0 Å². The maximum Gasteiger partial charge on any atom is 0.223 e. The highest BCUT2D eigenvalue weighted by atomic mass is 16.4. The summed E-state index contributed by atoms with van der Waals surface area (Å²) in [5, 5.41) is 0. The van der Waals surface area contributed by atoms with E-state index in [9.17, 15) is 4.79 Å². The molecule has 0 unspecified atom stereocenters. The Labute approximate surface area is 159 Å². The maximum absolute atomic E-state index is 12.5. The molecule has 0 aliphatic carbocycles. The zero-order chi connectivity index (χ0) is 18.5. The molecule has 4 heteroatoms. The molecule has 0 bridgehead atoms. The van der Waals surface area contributed by atoms with Gasteiger partial charge in [-0.25, -0.2) is 4.98 Å². The van der Waals surface area contributed by atoms with Crippen molar-refractivity contribution in [1.29, 1.82) is 0 Å². The van der Waals surface area contributed by atoms with Crippen LogP contribution in [-0.4, -0.2) is 28.9 Å². The van der Waals surface area contributed by atoms with Gasteiger partial charge in [-0.05, 0) is 24.3 Å². The van der Waals surface area contributed by atoms with Gasteiger partial charge in [0.15, 0.2) is 11.7 Å². The van der Waals surface area contributed by atoms with Crippen LogP contribution in [0.15, 0.2) is 71.3 Å². The Morgan fingerprint density at radius 3 is 2.37 bits per heavy atom. The third-order valence-corrected chi connectivity index (χ3v) is 5.28. The van der Waals surface area contributed by atoms with Gasteiger partial charge in [0.05, 0.1) is 6.20 Å². The molecule has 1 aliphatic heterocycles. The molecule has 2 aromatic carbocycles. The van der Waals surface area contributed by atoms with Crippen molar-refractivity contribution in [3.05, 3.63) is 78.3 Å². The second-order valence-corrected chi connectivity index (χ2v) is 7.05. The largest absolute Gasteiger partial charge is 0.441 e. The molecule has 1 saturated heterocycles. The van der Waals surface area contributed by atoms with E-state index in [2.05, 4.69) is 29.2 Å². The van der Waals surface area contributed by atoms with Crippen LogP contribution in [0.2, 0.25) is 0 Å². The van der Waals surface area contributed by atoms with E-state index in [1.54, 1.807) is 6.20 Å². The zero-order valence-corrected chi connectivity index (χ0v) is 15.4. The summed E-state index contributed by atoms with van der Waals surface area (Å²) >= 11 is 0. The minimum absolute atomic E-state index is 0.195. The molecule has 4 nitrogen and oxygen atoms in total. The van der Waals surface area contributed by atoms with Gasteiger partial charge in [0, 0.05) is 31.5 Å². The molecule has 0 spiro atoms. The molecule has 0 N–H and O–H groups in total. The summed E-state index contributed by atoms with van der Waals surface area (Å²) in [5.41, 5.74) is 2.39. The number of nitrogens with zero attached hydrogens (tertiary/aromatic N) is 2. The lowest BCUT2D eigenvalue weighted by molar-refractivity contribution is -0.132. The second-order valence-electron chi connectivity index (χ2n) is 7.05. The van der Waals surface area contributed by atoms with Crippen LogP contribution in [0.25, 0.3) is 11.3 Å². The molecule has 0 saturated carbocycles. The maximum atomic E-state index is 12.5. The number of rotatable bonds is 5. The fraction of sp³-hybridized carbons (Fsp3) is 0.304. The fourth-order valence-corrected chi connectivity index (χ4v) is 3.72. The molecule has 1 aromatic heterocycles. The highest BCUT2D eigenvalue weighted by molar-refractivity contribution is 5.76. The monoisotopic (exact) mass is 360 g/mol. The number of oxazole rings is 1. The van der Waals surface area contributed by atoms with E-state index >= 15 is 0 Å². The van der Waals surface area contributed by atoms with E-state index in [1.807, 2.05) is 41.3 Å². The number of hydrogen-bond donors (Lipinski definition) is 0. The Hall–Kier alpha value is -2.88. The summed E-state index contributed by atoms with van der Waals surface area (Å²) in [6.45, 7) is 1.67. The standard InChI is InChI=1S/C23H24N2O2/c26-23(25-15-13-19(14-16-25)18-7-3-1-4-8-18)12-11-22-24-17-21(27-22)20-9-5-2-6-10-20/h1-10,17,19H,11-16H2. The van der Waals surface area contributed by atoms with Crippen molar-refractivity contribution in [2.24, 2.45) is 0 Å². The van der Waals surface area contributed by atoms with Crippen molar-refractivity contribution in [2.75, 3.05) is 13.1 Å². The number of aryl methyl sites for hydroxylation is 1. The zero-order valence-electron chi connectivity index (χ0n) is 15.4. The van der Waals surface area contributed by atoms with E-state index in [0.29, 0.717) is 24.7 Å². The van der Waals surface area contributed by atoms with E-state index in [4.69, 9.17) is 4.42 Å². The fourth-order valence-electron chi connectivity index (χ4n) is 3.72. The van der Waals surface area contributed by atoms with Crippen molar-refractivity contribution in [3.8, 4) is 11.3 Å². The van der Waals surface area contributed by atoms with Crippen LogP contribution in [0.4, 0.5) is 0 Å². The SMILES string of the molecule is O=C(CCc1ncc(-c2ccccc2)o1)N1CCC(c2ccccc2)CC1. The third kappa shape index (κ3) is 4.27. The average Bonchev–Trinajstić information content (AvgIpc) is 3.22. The van der Waals surface area contributed by atoms with Crippen molar-refractivity contribution < 1.29 is 9.21 Å². The Kier molecular flexibility index (Phi) is 5.33. The van der Waals surface area contributed by atoms with Crippen LogP contribution < -0.4 is 0 Å². The lowest BCUT2D eigenvalue weighted by Crippen LogP contribution is -2.38. The average molecular weight is 360 g/mol. The van der Waals surface area contributed by atoms with E-state index in [1.165, 1.54) is 5.56 Å². The number of amides is 1. The van der Waals surface area contributed by atoms with Crippen LogP contribution in [0.5, 0.6) is 0 Å².